The fraction of sp³-hybridized carbons (Fsp3) is 0.500. The fourth-order valence-corrected chi connectivity index (χ4v) is 0.389. The minimum atomic E-state index is -0.792. The van der Waals surface area contributed by atoms with Crippen molar-refractivity contribution in [1.82, 2.24) is 0 Å². The predicted molar refractivity (Wildman–Crippen MR) is 22.7 cm³/mol. The zero-order chi connectivity index (χ0) is 5.28. The summed E-state index contributed by atoms with van der Waals surface area (Å²) in [6.45, 7) is 0.186. The Balaban J connectivity index is 2.54. The highest BCUT2D eigenvalue weighted by atomic mass is 16.5. The summed E-state index contributed by atoms with van der Waals surface area (Å²) in [7, 11) is 0. The molecule has 1 atom stereocenters. The maximum atomic E-state index is 8.55. The monoisotopic (exact) mass is 102 g/mol. The first kappa shape index (κ1) is 4.46. The van der Waals surface area contributed by atoms with Crippen LogP contribution in [0.4, 0.5) is 0 Å². The normalized spacial score (nSPS) is 29.3. The van der Waals surface area contributed by atoms with Crippen molar-refractivity contribution < 1.29 is 14.9 Å². The molecule has 0 aliphatic carbocycles. The van der Waals surface area contributed by atoms with Gasteiger partial charge in [0.25, 0.3) is 0 Å². The van der Waals surface area contributed by atoms with Gasteiger partial charge in [0, 0.05) is 0 Å². The van der Waals surface area contributed by atoms with Crippen molar-refractivity contribution in [3.63, 3.8) is 0 Å². The van der Waals surface area contributed by atoms with E-state index in [4.69, 9.17) is 10.2 Å². The second kappa shape index (κ2) is 1.42. The minimum Gasteiger partial charge on any atom is -0.506 e. The third-order valence-electron chi connectivity index (χ3n) is 0.800. The summed E-state index contributed by atoms with van der Waals surface area (Å²) in [5, 5.41) is 17.0. The van der Waals surface area contributed by atoms with E-state index < -0.39 is 6.10 Å². The predicted octanol–water partition coefficient (Wildman–Crippen LogP) is -0.223. The summed E-state index contributed by atoms with van der Waals surface area (Å²) in [4.78, 5) is 0. The summed E-state index contributed by atoms with van der Waals surface area (Å²) in [6.07, 6.45) is 0.352. The lowest BCUT2D eigenvalue weighted by Gasteiger charge is -1.94. The standard InChI is InChI=1S/C4H6O3/c5-3-1-7-2-4(3)6/h1,4-6H,2H2/t4-/m1/s1. The molecule has 7 heavy (non-hydrogen) atoms. The second-order valence-corrected chi connectivity index (χ2v) is 1.39. The first-order chi connectivity index (χ1) is 3.30. The van der Waals surface area contributed by atoms with E-state index in [2.05, 4.69) is 4.74 Å². The molecule has 1 rings (SSSR count). The maximum absolute atomic E-state index is 8.55. The first-order valence-electron chi connectivity index (χ1n) is 1.99. The van der Waals surface area contributed by atoms with E-state index in [0.29, 0.717) is 0 Å². The van der Waals surface area contributed by atoms with Crippen LogP contribution in [0.2, 0.25) is 0 Å². The van der Waals surface area contributed by atoms with E-state index in [1.807, 2.05) is 0 Å². The zero-order valence-corrected chi connectivity index (χ0v) is 3.66. The van der Waals surface area contributed by atoms with Gasteiger partial charge in [-0.3, -0.25) is 0 Å². The molecule has 1 heterocycles. The highest BCUT2D eigenvalue weighted by Gasteiger charge is 2.14. The molecule has 0 bridgehead atoms. The van der Waals surface area contributed by atoms with Gasteiger partial charge in [0.15, 0.2) is 5.76 Å². The van der Waals surface area contributed by atoms with Gasteiger partial charge in [-0.15, -0.1) is 0 Å². The Morgan fingerprint density at radius 1 is 1.86 bits per heavy atom. The number of hydrogen-bond donors (Lipinski definition) is 2. The average Bonchev–Trinajstić information content (AvgIpc) is 1.91. The third-order valence-corrected chi connectivity index (χ3v) is 0.800. The SMILES string of the molecule is OC1=COC[C@H]1O. The zero-order valence-electron chi connectivity index (χ0n) is 3.66. The number of aliphatic hydroxyl groups is 2. The Bertz CT molecular complexity index is 97.1. The van der Waals surface area contributed by atoms with Crippen LogP contribution in [0.25, 0.3) is 0 Å². The van der Waals surface area contributed by atoms with Crippen molar-refractivity contribution in [3.8, 4) is 0 Å². The fourth-order valence-electron chi connectivity index (χ4n) is 0.389. The molecular weight excluding hydrogens is 96.0 g/mol. The molecule has 3 nitrogen and oxygen atoms in total. The molecule has 0 aromatic heterocycles. The first-order valence-corrected chi connectivity index (χ1v) is 1.99. The van der Waals surface area contributed by atoms with Crippen LogP contribution in [0.3, 0.4) is 0 Å². The van der Waals surface area contributed by atoms with Gasteiger partial charge < -0.3 is 14.9 Å². The van der Waals surface area contributed by atoms with E-state index >= 15 is 0 Å². The molecule has 0 fully saturated rings. The molecule has 2 N–H and O–H groups in total. The van der Waals surface area contributed by atoms with Crippen LogP contribution in [0.1, 0.15) is 0 Å². The van der Waals surface area contributed by atoms with E-state index in [0.717, 1.165) is 6.26 Å². The Hall–Kier alpha value is -0.700. The van der Waals surface area contributed by atoms with Crippen molar-refractivity contribution in [3.05, 3.63) is 12.0 Å². The molecule has 0 aromatic carbocycles. The van der Waals surface area contributed by atoms with E-state index in [1.54, 1.807) is 0 Å². The molecule has 1 aliphatic heterocycles. The lowest BCUT2D eigenvalue weighted by Crippen LogP contribution is -2.08. The summed E-state index contributed by atoms with van der Waals surface area (Å²) in [5.74, 6) is -0.0833. The van der Waals surface area contributed by atoms with Crippen LogP contribution in [0, 0.1) is 0 Å². The molecule has 0 unspecified atom stereocenters. The van der Waals surface area contributed by atoms with Crippen LogP contribution in [0.5, 0.6) is 0 Å². The van der Waals surface area contributed by atoms with E-state index in [-0.39, 0.29) is 12.4 Å². The van der Waals surface area contributed by atoms with Gasteiger partial charge >= 0.3 is 0 Å². The Morgan fingerprint density at radius 3 is 2.71 bits per heavy atom. The van der Waals surface area contributed by atoms with Gasteiger partial charge in [0.05, 0.1) is 0 Å². The second-order valence-electron chi connectivity index (χ2n) is 1.39. The smallest absolute Gasteiger partial charge is 0.159 e. The van der Waals surface area contributed by atoms with E-state index in [9.17, 15) is 0 Å². The summed E-state index contributed by atoms with van der Waals surface area (Å²) < 4.78 is 4.51. The van der Waals surface area contributed by atoms with Crippen LogP contribution < -0.4 is 0 Å². The highest BCUT2D eigenvalue weighted by Crippen LogP contribution is 2.05. The Morgan fingerprint density at radius 2 is 2.57 bits per heavy atom. The molecule has 0 radical (unpaired) electrons. The summed E-state index contributed by atoms with van der Waals surface area (Å²) >= 11 is 0. The quantitative estimate of drug-likeness (QED) is 0.444. The summed E-state index contributed by atoms with van der Waals surface area (Å²) in [6, 6.07) is 0. The van der Waals surface area contributed by atoms with Gasteiger partial charge in [-0.1, -0.05) is 0 Å². The van der Waals surface area contributed by atoms with Crippen LogP contribution in [-0.2, 0) is 4.74 Å². The Labute approximate surface area is 40.8 Å². The summed E-state index contributed by atoms with van der Waals surface area (Å²) in [5.41, 5.74) is 0. The molecule has 0 saturated carbocycles. The molecule has 0 saturated heterocycles. The molecule has 3 heteroatoms. The van der Waals surface area contributed by atoms with Crippen LogP contribution >= 0.6 is 0 Å². The highest BCUT2D eigenvalue weighted by molar-refractivity contribution is 4.97. The molecule has 1 aliphatic rings. The molecular formula is C4H6O3. The molecule has 40 valence electrons. The number of ether oxygens (including phenoxy) is 1. The van der Waals surface area contributed by atoms with Crippen LogP contribution in [0.15, 0.2) is 12.0 Å². The van der Waals surface area contributed by atoms with Crippen molar-refractivity contribution >= 4 is 0 Å². The van der Waals surface area contributed by atoms with Gasteiger partial charge in [-0.2, -0.15) is 0 Å². The Kier molecular flexibility index (Phi) is 0.906. The number of rotatable bonds is 0. The number of hydrogen-bond acceptors (Lipinski definition) is 3. The minimum absolute atomic E-state index is 0.0833. The van der Waals surface area contributed by atoms with Crippen molar-refractivity contribution in [2.45, 2.75) is 6.10 Å². The lowest BCUT2D eigenvalue weighted by molar-refractivity contribution is 0.120. The maximum Gasteiger partial charge on any atom is 0.159 e. The third kappa shape index (κ3) is 0.667. The van der Waals surface area contributed by atoms with Gasteiger partial charge in [-0.05, 0) is 0 Å². The molecule has 0 spiro atoms. The van der Waals surface area contributed by atoms with Crippen molar-refractivity contribution in [2.75, 3.05) is 6.61 Å². The molecule has 0 aromatic rings. The van der Waals surface area contributed by atoms with Crippen molar-refractivity contribution in [2.24, 2.45) is 0 Å². The van der Waals surface area contributed by atoms with Gasteiger partial charge in [-0.25, -0.2) is 0 Å². The van der Waals surface area contributed by atoms with Gasteiger partial charge in [0.1, 0.15) is 19.0 Å². The topological polar surface area (TPSA) is 49.7 Å². The number of aliphatic hydroxyl groups excluding tert-OH is 2. The average molecular weight is 102 g/mol. The largest absolute Gasteiger partial charge is 0.506 e. The van der Waals surface area contributed by atoms with Crippen LogP contribution in [-0.4, -0.2) is 22.9 Å². The van der Waals surface area contributed by atoms with Gasteiger partial charge in [0.2, 0.25) is 0 Å². The lowest BCUT2D eigenvalue weighted by atomic mass is 10.4. The van der Waals surface area contributed by atoms with Crippen molar-refractivity contribution in [1.29, 1.82) is 0 Å². The molecule has 0 amide bonds. The van der Waals surface area contributed by atoms with E-state index in [1.165, 1.54) is 0 Å².